The van der Waals surface area contributed by atoms with Crippen LogP contribution in [0, 0.1) is 11.6 Å². The lowest BCUT2D eigenvalue weighted by molar-refractivity contribution is 0.0662. The Bertz CT molecular complexity index is 827. The number of aliphatic hydroxyl groups excluding tert-OH is 1. The fourth-order valence-electron chi connectivity index (χ4n) is 3.23. The first kappa shape index (κ1) is 20.8. The Kier molecular flexibility index (Phi) is 6.84. The lowest BCUT2D eigenvalue weighted by atomic mass is 10.2. The second-order valence-corrected chi connectivity index (χ2v) is 6.86. The number of amides is 2. The van der Waals surface area contributed by atoms with Gasteiger partial charge >= 0.3 is 6.03 Å². The van der Waals surface area contributed by atoms with Crippen molar-refractivity contribution in [1.82, 2.24) is 4.90 Å². The number of nitrogens with two attached hydrogens (primary N) is 1. The average molecular weight is 406 g/mol. The number of β-amino-alcohol motifs (C(OH)–C–C–N with tert-alkyl or cyclic N) is 1. The van der Waals surface area contributed by atoms with Crippen molar-refractivity contribution in [3.8, 4) is 5.75 Å². The van der Waals surface area contributed by atoms with Crippen molar-refractivity contribution >= 4 is 17.4 Å². The summed E-state index contributed by atoms with van der Waals surface area (Å²) in [5, 5.41) is 12.7. The number of nitrogens with zero attached hydrogens (tertiary/aromatic N) is 2. The molecule has 1 fully saturated rings. The molecule has 1 atom stereocenters. The van der Waals surface area contributed by atoms with E-state index >= 15 is 0 Å². The fourth-order valence-corrected chi connectivity index (χ4v) is 3.23. The van der Waals surface area contributed by atoms with Crippen LogP contribution < -0.4 is 20.7 Å². The first-order valence-electron chi connectivity index (χ1n) is 9.30. The van der Waals surface area contributed by atoms with E-state index in [0.29, 0.717) is 49.8 Å². The summed E-state index contributed by atoms with van der Waals surface area (Å²) in [6.45, 7) is 3.04. The van der Waals surface area contributed by atoms with Crippen LogP contribution in [0.3, 0.4) is 0 Å². The molecular weight excluding hydrogens is 382 g/mol. The monoisotopic (exact) mass is 406 g/mol. The van der Waals surface area contributed by atoms with Gasteiger partial charge in [-0.15, -0.1) is 0 Å². The highest BCUT2D eigenvalue weighted by Crippen LogP contribution is 2.21. The van der Waals surface area contributed by atoms with Gasteiger partial charge in [-0.3, -0.25) is 4.90 Å². The van der Waals surface area contributed by atoms with Crippen LogP contribution in [0.5, 0.6) is 5.75 Å². The van der Waals surface area contributed by atoms with E-state index in [-0.39, 0.29) is 6.61 Å². The van der Waals surface area contributed by atoms with Crippen LogP contribution in [0.25, 0.3) is 0 Å². The van der Waals surface area contributed by atoms with Gasteiger partial charge in [-0.1, -0.05) is 0 Å². The molecule has 4 N–H and O–H groups in total. The van der Waals surface area contributed by atoms with E-state index in [0.717, 1.165) is 6.07 Å². The average Bonchev–Trinajstić information content (AvgIpc) is 2.68. The van der Waals surface area contributed by atoms with Gasteiger partial charge in [0, 0.05) is 44.5 Å². The number of hydrogen-bond acceptors (Lipinski definition) is 5. The summed E-state index contributed by atoms with van der Waals surface area (Å²) in [7, 11) is 0. The van der Waals surface area contributed by atoms with Crippen molar-refractivity contribution in [2.24, 2.45) is 5.73 Å². The zero-order valence-electron chi connectivity index (χ0n) is 15.9. The smallest absolute Gasteiger partial charge is 0.316 e. The van der Waals surface area contributed by atoms with Crippen LogP contribution >= 0.6 is 0 Å². The Labute approximate surface area is 167 Å². The van der Waals surface area contributed by atoms with Crippen LogP contribution in [0.15, 0.2) is 42.5 Å². The molecule has 1 aliphatic rings. The molecule has 156 valence electrons. The molecule has 0 bridgehead atoms. The molecular formula is C20H24F2N4O3. The van der Waals surface area contributed by atoms with Gasteiger partial charge in [0.1, 0.15) is 30.1 Å². The highest BCUT2D eigenvalue weighted by molar-refractivity contribution is 5.87. The number of carbonyl (C=O) groups is 1. The third-order valence-corrected chi connectivity index (χ3v) is 4.66. The van der Waals surface area contributed by atoms with Crippen LogP contribution in [-0.4, -0.2) is 61.5 Å². The fraction of sp³-hybridized carbons (Fsp3) is 0.350. The Morgan fingerprint density at radius 1 is 1.14 bits per heavy atom. The molecule has 2 aromatic rings. The number of rotatable bonds is 7. The highest BCUT2D eigenvalue weighted by Gasteiger charge is 2.21. The van der Waals surface area contributed by atoms with Crippen LogP contribution in [0.2, 0.25) is 0 Å². The van der Waals surface area contributed by atoms with Gasteiger partial charge in [-0.05, 0) is 36.4 Å². The van der Waals surface area contributed by atoms with Crippen molar-refractivity contribution in [1.29, 1.82) is 0 Å². The summed E-state index contributed by atoms with van der Waals surface area (Å²) in [4.78, 5) is 14.7. The third-order valence-electron chi connectivity index (χ3n) is 4.66. The van der Waals surface area contributed by atoms with Gasteiger partial charge in [0.25, 0.3) is 0 Å². The molecule has 1 saturated heterocycles. The van der Waals surface area contributed by atoms with Crippen molar-refractivity contribution in [3.05, 3.63) is 54.1 Å². The highest BCUT2D eigenvalue weighted by atomic mass is 19.1. The third kappa shape index (κ3) is 6.03. The summed E-state index contributed by atoms with van der Waals surface area (Å²) in [5.41, 5.74) is 6.00. The molecule has 2 amide bonds. The summed E-state index contributed by atoms with van der Waals surface area (Å²) < 4.78 is 32.5. The van der Waals surface area contributed by atoms with Gasteiger partial charge in [-0.2, -0.15) is 0 Å². The number of halogens is 2. The number of hydrogen-bond donors (Lipinski definition) is 3. The van der Waals surface area contributed by atoms with E-state index in [1.165, 1.54) is 12.1 Å². The van der Waals surface area contributed by atoms with Crippen molar-refractivity contribution < 1.29 is 23.4 Å². The standard InChI is InChI=1S/C20H24F2N4O3/c21-14-1-6-19(18(22)11-14)26-9-7-25(8-10-26)12-16(27)13-29-17-4-2-15(3-5-17)24-20(23)28/h1-6,11,16,27H,7-10,12-13H2,(H3,23,24,28). The number of primary amides is 1. The lowest BCUT2D eigenvalue weighted by Crippen LogP contribution is -2.49. The predicted molar refractivity (Wildman–Crippen MR) is 106 cm³/mol. The molecule has 1 unspecified atom stereocenters. The maximum atomic E-state index is 13.9. The summed E-state index contributed by atoms with van der Waals surface area (Å²) in [6, 6.07) is 9.61. The topological polar surface area (TPSA) is 91.1 Å². The van der Waals surface area contributed by atoms with Gasteiger partial charge in [-0.25, -0.2) is 13.6 Å². The second-order valence-electron chi connectivity index (χ2n) is 6.86. The number of piperazine rings is 1. The normalized spacial score (nSPS) is 15.8. The predicted octanol–water partition coefficient (Wildman–Crippen LogP) is 2.02. The number of anilines is 2. The number of carbonyl (C=O) groups excluding carboxylic acids is 1. The minimum Gasteiger partial charge on any atom is -0.491 e. The molecule has 0 saturated carbocycles. The molecule has 0 aliphatic carbocycles. The molecule has 0 radical (unpaired) electrons. The summed E-state index contributed by atoms with van der Waals surface area (Å²) in [6.07, 6.45) is -0.687. The lowest BCUT2D eigenvalue weighted by Gasteiger charge is -2.37. The van der Waals surface area contributed by atoms with E-state index in [4.69, 9.17) is 10.5 Å². The van der Waals surface area contributed by atoms with E-state index in [2.05, 4.69) is 10.2 Å². The van der Waals surface area contributed by atoms with Crippen LogP contribution in [0.4, 0.5) is 25.0 Å². The first-order chi connectivity index (χ1) is 13.9. The zero-order chi connectivity index (χ0) is 20.8. The molecule has 7 nitrogen and oxygen atoms in total. The summed E-state index contributed by atoms with van der Waals surface area (Å²) in [5.74, 6) is -0.591. The Balaban J connectivity index is 1.41. The first-order valence-corrected chi connectivity index (χ1v) is 9.30. The van der Waals surface area contributed by atoms with E-state index in [9.17, 15) is 18.7 Å². The molecule has 0 spiro atoms. The minimum absolute atomic E-state index is 0.120. The molecule has 0 aromatic heterocycles. The maximum Gasteiger partial charge on any atom is 0.316 e. The zero-order valence-corrected chi connectivity index (χ0v) is 15.9. The van der Waals surface area contributed by atoms with Crippen LogP contribution in [0.1, 0.15) is 0 Å². The molecule has 9 heteroatoms. The van der Waals surface area contributed by atoms with E-state index in [1.54, 1.807) is 24.3 Å². The SMILES string of the molecule is NC(=O)Nc1ccc(OCC(O)CN2CCN(c3ccc(F)cc3F)CC2)cc1. The second kappa shape index (κ2) is 9.53. The molecule has 29 heavy (non-hydrogen) atoms. The number of aliphatic hydroxyl groups is 1. The maximum absolute atomic E-state index is 13.9. The molecule has 3 rings (SSSR count). The Morgan fingerprint density at radius 2 is 1.83 bits per heavy atom. The number of benzene rings is 2. The Morgan fingerprint density at radius 3 is 2.45 bits per heavy atom. The van der Waals surface area contributed by atoms with Crippen molar-refractivity contribution in [2.45, 2.75) is 6.10 Å². The van der Waals surface area contributed by atoms with Crippen molar-refractivity contribution in [2.75, 3.05) is 49.5 Å². The van der Waals surface area contributed by atoms with Crippen LogP contribution in [-0.2, 0) is 0 Å². The molecule has 2 aromatic carbocycles. The van der Waals surface area contributed by atoms with Gasteiger partial charge in [0.2, 0.25) is 0 Å². The molecule has 1 aliphatic heterocycles. The van der Waals surface area contributed by atoms with Crippen molar-refractivity contribution in [3.63, 3.8) is 0 Å². The number of urea groups is 1. The van der Waals surface area contributed by atoms with Gasteiger partial charge in [0.15, 0.2) is 0 Å². The quantitative estimate of drug-likeness (QED) is 0.655. The molecule has 1 heterocycles. The van der Waals surface area contributed by atoms with E-state index < -0.39 is 23.8 Å². The van der Waals surface area contributed by atoms with Gasteiger partial charge in [0.05, 0.1) is 5.69 Å². The number of ether oxygens (including phenoxy) is 1. The minimum atomic E-state index is -0.687. The van der Waals surface area contributed by atoms with E-state index in [1.807, 2.05) is 4.90 Å². The van der Waals surface area contributed by atoms with Gasteiger partial charge < -0.3 is 25.8 Å². The summed E-state index contributed by atoms with van der Waals surface area (Å²) >= 11 is 0. The Hall–Kier alpha value is -2.91. The largest absolute Gasteiger partial charge is 0.491 e. The number of nitrogens with one attached hydrogen (secondary N) is 1.